The molecule has 0 saturated carbocycles. The van der Waals surface area contributed by atoms with Crippen LogP contribution in [0.4, 0.5) is 17.1 Å². The number of rotatable bonds is 7. The molecular weight excluding hydrogens is 855 g/mol. The minimum atomic E-state index is -0.490. The number of thiophene rings is 1. The summed E-state index contributed by atoms with van der Waals surface area (Å²) in [6.07, 6.45) is 0. The van der Waals surface area contributed by atoms with Crippen LogP contribution in [0.15, 0.2) is 247 Å². The van der Waals surface area contributed by atoms with Crippen molar-refractivity contribution in [2.75, 3.05) is 4.90 Å². The molecule has 2 aromatic heterocycles. The van der Waals surface area contributed by atoms with E-state index in [0.29, 0.717) is 0 Å². The summed E-state index contributed by atoms with van der Waals surface area (Å²) in [5, 5.41) is 7.27. The van der Waals surface area contributed by atoms with Gasteiger partial charge in [-0.05, 0) is 135 Å². The summed E-state index contributed by atoms with van der Waals surface area (Å²) in [4.78, 5) is 2.44. The van der Waals surface area contributed by atoms with Gasteiger partial charge in [0.1, 0.15) is 11.2 Å². The third kappa shape index (κ3) is 6.11. The molecule has 324 valence electrons. The van der Waals surface area contributed by atoms with Gasteiger partial charge in [0.2, 0.25) is 0 Å². The number of para-hydroxylation sites is 1. The van der Waals surface area contributed by atoms with Crippen LogP contribution in [-0.4, -0.2) is 0 Å². The number of aryl methyl sites for hydroxylation is 1. The summed E-state index contributed by atoms with van der Waals surface area (Å²) in [5.74, 6) is 0. The van der Waals surface area contributed by atoms with Crippen molar-refractivity contribution < 1.29 is 4.42 Å². The highest BCUT2D eigenvalue weighted by Gasteiger charge is 2.46. The van der Waals surface area contributed by atoms with Crippen molar-refractivity contribution in [2.45, 2.75) is 12.3 Å². The van der Waals surface area contributed by atoms with E-state index in [1.807, 2.05) is 23.5 Å². The van der Waals surface area contributed by atoms with E-state index in [1.54, 1.807) is 0 Å². The van der Waals surface area contributed by atoms with E-state index >= 15 is 0 Å². The van der Waals surface area contributed by atoms with E-state index < -0.39 is 5.41 Å². The van der Waals surface area contributed by atoms with Crippen molar-refractivity contribution in [2.24, 2.45) is 0 Å². The summed E-state index contributed by atoms with van der Waals surface area (Å²) in [5.41, 5.74) is 18.3. The summed E-state index contributed by atoms with van der Waals surface area (Å²) < 4.78 is 8.83. The third-order valence-electron chi connectivity index (χ3n) is 14.7. The molecule has 2 nitrogen and oxygen atoms in total. The number of furan rings is 1. The average molecular weight is 898 g/mol. The van der Waals surface area contributed by atoms with E-state index in [9.17, 15) is 0 Å². The lowest BCUT2D eigenvalue weighted by Crippen LogP contribution is -2.28. The maximum atomic E-state index is 6.20. The lowest BCUT2D eigenvalue weighted by Gasteiger charge is -2.34. The van der Waals surface area contributed by atoms with Crippen LogP contribution in [0, 0.1) is 6.92 Å². The minimum Gasteiger partial charge on any atom is -0.456 e. The van der Waals surface area contributed by atoms with Gasteiger partial charge in [-0.3, -0.25) is 0 Å². The molecule has 0 N–H and O–H groups in total. The van der Waals surface area contributed by atoms with Gasteiger partial charge in [0.15, 0.2) is 0 Å². The molecule has 13 aromatic rings. The number of hydrogen-bond donors (Lipinski definition) is 0. The molecule has 0 unspecified atom stereocenters. The van der Waals surface area contributed by atoms with E-state index in [2.05, 4.69) is 242 Å². The van der Waals surface area contributed by atoms with Gasteiger partial charge >= 0.3 is 0 Å². The third-order valence-corrected chi connectivity index (χ3v) is 15.8. The molecule has 0 bridgehead atoms. The van der Waals surface area contributed by atoms with Gasteiger partial charge in [-0.25, -0.2) is 0 Å². The van der Waals surface area contributed by atoms with Gasteiger partial charge in [-0.1, -0.05) is 181 Å². The molecule has 1 aliphatic rings. The second-order valence-corrected chi connectivity index (χ2v) is 19.5. The molecule has 2 heterocycles. The van der Waals surface area contributed by atoms with Crippen LogP contribution in [0.25, 0.3) is 86.3 Å². The molecule has 0 aliphatic heterocycles. The Bertz CT molecular complexity index is 4090. The average Bonchev–Trinajstić information content (AvgIpc) is 4.07. The van der Waals surface area contributed by atoms with Crippen molar-refractivity contribution in [3.8, 4) is 33.4 Å². The fourth-order valence-electron chi connectivity index (χ4n) is 11.4. The predicted molar refractivity (Wildman–Crippen MR) is 292 cm³/mol. The number of fused-ring (bicyclic) bond motifs is 10. The summed E-state index contributed by atoms with van der Waals surface area (Å²) in [6.45, 7) is 2.17. The van der Waals surface area contributed by atoms with Gasteiger partial charge in [0.05, 0.1) is 11.1 Å². The van der Waals surface area contributed by atoms with E-state index in [0.717, 1.165) is 50.1 Å². The van der Waals surface area contributed by atoms with E-state index in [-0.39, 0.29) is 0 Å². The van der Waals surface area contributed by atoms with Crippen LogP contribution in [0.1, 0.15) is 27.8 Å². The Balaban J connectivity index is 0.942. The van der Waals surface area contributed by atoms with Crippen LogP contribution in [0.3, 0.4) is 0 Å². The second-order valence-electron chi connectivity index (χ2n) is 18.4. The number of benzene rings is 11. The molecule has 0 atom stereocenters. The summed E-state index contributed by atoms with van der Waals surface area (Å²) in [6, 6.07) is 89.7. The molecule has 0 fully saturated rings. The predicted octanol–water partition coefficient (Wildman–Crippen LogP) is 18.6. The lowest BCUT2D eigenvalue weighted by molar-refractivity contribution is 0.669. The van der Waals surface area contributed by atoms with Crippen molar-refractivity contribution in [1.29, 1.82) is 0 Å². The monoisotopic (exact) mass is 897 g/mol. The first-order valence-corrected chi connectivity index (χ1v) is 24.5. The molecule has 69 heavy (non-hydrogen) atoms. The SMILES string of the molecule is Cc1ccc(C2(c3ccc(N(c4ccc(-c5ccc6oc7ccccc7c6c5)cc4)c4ccc(-c5ccc6sc7ccccc7c6c5)c5ccccc45)cc3)c3ccccc3-c3ccccc32)cc1. The molecule has 11 aromatic carbocycles. The molecule has 14 rings (SSSR count). The Morgan fingerprint density at radius 2 is 0.899 bits per heavy atom. The summed E-state index contributed by atoms with van der Waals surface area (Å²) in [7, 11) is 0. The molecule has 0 saturated heterocycles. The standard InChI is InChI=1S/C66H43NOS/c1-42-22-28-46(29-23-42)66(59-18-8-4-13-52(59)53-14-5-9-19-60(53)66)47-30-34-49(35-31-47)67(48-32-24-43(25-33-48)44-26-38-63-57(40-44)55-16-6-10-20-62(55)68-63)61-37-36-50(51-12-2-3-15-54(51)61)45-27-39-65-58(41-45)56-17-7-11-21-64(56)69-65/h2-41H,1H3. The van der Waals surface area contributed by atoms with Crippen molar-refractivity contribution in [3.63, 3.8) is 0 Å². The topological polar surface area (TPSA) is 16.4 Å². The highest BCUT2D eigenvalue weighted by Crippen LogP contribution is 2.56. The second kappa shape index (κ2) is 15.5. The summed E-state index contributed by atoms with van der Waals surface area (Å²) >= 11 is 1.86. The zero-order chi connectivity index (χ0) is 45.6. The van der Waals surface area contributed by atoms with Crippen molar-refractivity contribution >= 4 is 81.3 Å². The zero-order valence-electron chi connectivity index (χ0n) is 37.9. The Hall–Kier alpha value is -8.50. The molecule has 0 amide bonds. The Kier molecular flexibility index (Phi) is 8.92. The first-order chi connectivity index (χ1) is 34.1. The van der Waals surface area contributed by atoms with Gasteiger partial charge in [-0.2, -0.15) is 0 Å². The highest BCUT2D eigenvalue weighted by molar-refractivity contribution is 7.25. The highest BCUT2D eigenvalue weighted by atomic mass is 32.1. The van der Waals surface area contributed by atoms with Gasteiger partial charge in [0, 0.05) is 47.7 Å². The van der Waals surface area contributed by atoms with E-state index in [1.165, 1.54) is 81.0 Å². The molecular formula is C66H43NOS. The first-order valence-electron chi connectivity index (χ1n) is 23.7. The van der Waals surface area contributed by atoms with Crippen molar-refractivity contribution in [3.05, 3.63) is 270 Å². The zero-order valence-corrected chi connectivity index (χ0v) is 38.7. The maximum absolute atomic E-state index is 6.20. The number of hydrogen-bond acceptors (Lipinski definition) is 3. The van der Waals surface area contributed by atoms with Gasteiger partial charge in [-0.15, -0.1) is 11.3 Å². The lowest BCUT2D eigenvalue weighted by atomic mass is 9.67. The van der Waals surface area contributed by atoms with Crippen LogP contribution in [0.5, 0.6) is 0 Å². The number of nitrogens with zero attached hydrogens (tertiary/aromatic N) is 1. The molecule has 1 aliphatic carbocycles. The molecule has 0 spiro atoms. The number of anilines is 3. The normalized spacial score (nSPS) is 12.8. The van der Waals surface area contributed by atoms with Crippen LogP contribution >= 0.6 is 11.3 Å². The largest absolute Gasteiger partial charge is 0.456 e. The Morgan fingerprint density at radius 1 is 0.362 bits per heavy atom. The Labute approximate surface area is 404 Å². The fraction of sp³-hybridized carbons (Fsp3) is 0.0303. The maximum Gasteiger partial charge on any atom is 0.135 e. The fourth-order valence-corrected chi connectivity index (χ4v) is 12.5. The molecule has 0 radical (unpaired) electrons. The van der Waals surface area contributed by atoms with E-state index in [4.69, 9.17) is 4.42 Å². The minimum absolute atomic E-state index is 0.490. The smallest absolute Gasteiger partial charge is 0.135 e. The quantitative estimate of drug-likeness (QED) is 0.158. The molecule has 3 heteroatoms. The van der Waals surface area contributed by atoms with Gasteiger partial charge in [0.25, 0.3) is 0 Å². The van der Waals surface area contributed by atoms with Gasteiger partial charge < -0.3 is 9.32 Å². The first kappa shape index (κ1) is 39.6. The van der Waals surface area contributed by atoms with Crippen molar-refractivity contribution in [1.82, 2.24) is 0 Å². The van der Waals surface area contributed by atoms with Crippen LogP contribution in [-0.2, 0) is 5.41 Å². The Morgan fingerprint density at radius 3 is 1.64 bits per heavy atom. The van der Waals surface area contributed by atoms with Crippen LogP contribution < -0.4 is 4.90 Å². The van der Waals surface area contributed by atoms with Crippen LogP contribution in [0.2, 0.25) is 0 Å².